The first-order valence-corrected chi connectivity index (χ1v) is 6.47. The van der Waals surface area contributed by atoms with Gasteiger partial charge in [0.15, 0.2) is 5.82 Å². The van der Waals surface area contributed by atoms with Crippen LogP contribution >= 0.6 is 11.6 Å². The second-order valence-corrected chi connectivity index (χ2v) is 4.61. The largest absolute Gasteiger partial charge is 0.416 e. The molecule has 112 valence electrons. The Balaban J connectivity index is 2.27. The maximum absolute atomic E-state index is 12.7. The van der Waals surface area contributed by atoms with Gasteiger partial charge in [0, 0.05) is 17.3 Å². The van der Waals surface area contributed by atoms with Gasteiger partial charge < -0.3 is 10.6 Å². The Hall–Kier alpha value is -2.02. The second-order valence-electron chi connectivity index (χ2n) is 4.17. The van der Waals surface area contributed by atoms with Crippen molar-refractivity contribution >= 4 is 28.9 Å². The summed E-state index contributed by atoms with van der Waals surface area (Å²) in [5, 5.41) is 5.71. The van der Waals surface area contributed by atoms with Gasteiger partial charge in [0.2, 0.25) is 0 Å². The molecule has 8 heteroatoms. The molecule has 2 N–H and O–H groups in total. The van der Waals surface area contributed by atoms with Gasteiger partial charge in [0.1, 0.15) is 5.82 Å². The van der Waals surface area contributed by atoms with Crippen LogP contribution in [0.15, 0.2) is 30.6 Å². The summed E-state index contributed by atoms with van der Waals surface area (Å²) in [7, 11) is 0. The predicted octanol–water partition coefficient (Wildman–Crippen LogP) is 4.32. The van der Waals surface area contributed by atoms with Gasteiger partial charge >= 0.3 is 6.18 Å². The van der Waals surface area contributed by atoms with Gasteiger partial charge in [-0.2, -0.15) is 13.2 Å². The first-order chi connectivity index (χ1) is 9.88. The van der Waals surface area contributed by atoms with Crippen molar-refractivity contribution in [1.82, 2.24) is 9.97 Å². The SMILES string of the molecule is CCNc1cncc(Nc2cc(Cl)cc(C(F)(F)F)c2)n1. The van der Waals surface area contributed by atoms with E-state index in [0.717, 1.165) is 12.1 Å². The number of anilines is 3. The first-order valence-electron chi connectivity index (χ1n) is 6.09. The lowest BCUT2D eigenvalue weighted by molar-refractivity contribution is -0.137. The average molecular weight is 317 g/mol. The van der Waals surface area contributed by atoms with E-state index in [1.807, 2.05) is 6.92 Å². The minimum Gasteiger partial charge on any atom is -0.369 e. The molecule has 0 saturated carbocycles. The van der Waals surface area contributed by atoms with Crippen LogP contribution in [0.25, 0.3) is 0 Å². The summed E-state index contributed by atoms with van der Waals surface area (Å²) in [5.41, 5.74) is -0.633. The van der Waals surface area contributed by atoms with Crippen molar-refractivity contribution < 1.29 is 13.2 Å². The smallest absolute Gasteiger partial charge is 0.369 e. The van der Waals surface area contributed by atoms with Gasteiger partial charge in [0.05, 0.1) is 18.0 Å². The van der Waals surface area contributed by atoms with Crippen LogP contribution in [-0.4, -0.2) is 16.5 Å². The Morgan fingerprint density at radius 1 is 1.14 bits per heavy atom. The van der Waals surface area contributed by atoms with Crippen LogP contribution in [0.4, 0.5) is 30.5 Å². The Kier molecular flexibility index (Phi) is 4.52. The predicted molar refractivity (Wildman–Crippen MR) is 75.9 cm³/mol. The minimum atomic E-state index is -4.46. The minimum absolute atomic E-state index is 0.0110. The van der Waals surface area contributed by atoms with E-state index < -0.39 is 11.7 Å². The summed E-state index contributed by atoms with van der Waals surface area (Å²) in [6.07, 6.45) is -1.53. The third-order valence-electron chi connectivity index (χ3n) is 2.49. The molecule has 0 saturated heterocycles. The van der Waals surface area contributed by atoms with Crippen LogP contribution in [-0.2, 0) is 6.18 Å². The van der Waals surface area contributed by atoms with Gasteiger partial charge in [-0.15, -0.1) is 0 Å². The van der Waals surface area contributed by atoms with E-state index >= 15 is 0 Å². The lowest BCUT2D eigenvalue weighted by atomic mass is 10.2. The molecule has 0 spiro atoms. The molecule has 0 fully saturated rings. The molecular weight excluding hydrogens is 305 g/mol. The molecule has 2 aromatic rings. The number of hydrogen-bond donors (Lipinski definition) is 2. The number of aromatic nitrogens is 2. The van der Waals surface area contributed by atoms with Crippen molar-refractivity contribution in [3.8, 4) is 0 Å². The highest BCUT2D eigenvalue weighted by atomic mass is 35.5. The molecular formula is C13H12ClF3N4. The van der Waals surface area contributed by atoms with E-state index in [9.17, 15) is 13.2 Å². The molecule has 0 aliphatic rings. The van der Waals surface area contributed by atoms with E-state index in [1.54, 1.807) is 0 Å². The summed E-state index contributed by atoms with van der Waals surface area (Å²) < 4.78 is 38.2. The van der Waals surface area contributed by atoms with Crippen molar-refractivity contribution in [1.29, 1.82) is 0 Å². The zero-order valence-electron chi connectivity index (χ0n) is 11.0. The maximum atomic E-state index is 12.7. The van der Waals surface area contributed by atoms with Gasteiger partial charge in [-0.3, -0.25) is 4.98 Å². The number of alkyl halides is 3. The number of benzene rings is 1. The third-order valence-corrected chi connectivity index (χ3v) is 2.71. The van der Waals surface area contributed by atoms with E-state index in [4.69, 9.17) is 11.6 Å². The van der Waals surface area contributed by atoms with Gasteiger partial charge in [-0.05, 0) is 25.1 Å². The molecule has 1 aromatic carbocycles. The fourth-order valence-electron chi connectivity index (χ4n) is 1.67. The monoisotopic (exact) mass is 316 g/mol. The van der Waals surface area contributed by atoms with Crippen LogP contribution in [0.2, 0.25) is 5.02 Å². The number of rotatable bonds is 4. The Bertz CT molecular complexity index is 631. The molecule has 0 unspecified atom stereocenters. The summed E-state index contributed by atoms with van der Waals surface area (Å²) in [5.74, 6) is 0.851. The highest BCUT2D eigenvalue weighted by molar-refractivity contribution is 6.31. The maximum Gasteiger partial charge on any atom is 0.416 e. The molecule has 0 amide bonds. The third kappa shape index (κ3) is 4.22. The molecule has 0 bridgehead atoms. The van der Waals surface area contributed by atoms with Crippen LogP contribution < -0.4 is 10.6 Å². The lowest BCUT2D eigenvalue weighted by Crippen LogP contribution is -2.06. The fourth-order valence-corrected chi connectivity index (χ4v) is 1.90. The number of hydrogen-bond acceptors (Lipinski definition) is 4. The molecule has 0 aliphatic heterocycles. The van der Waals surface area contributed by atoms with Crippen molar-refractivity contribution in [3.05, 3.63) is 41.2 Å². The normalized spacial score (nSPS) is 11.3. The summed E-state index contributed by atoms with van der Waals surface area (Å²) in [6, 6.07) is 3.22. The topological polar surface area (TPSA) is 49.8 Å². The van der Waals surface area contributed by atoms with E-state index in [-0.39, 0.29) is 10.7 Å². The van der Waals surface area contributed by atoms with Crippen LogP contribution in [0.5, 0.6) is 0 Å². The molecule has 0 radical (unpaired) electrons. The highest BCUT2D eigenvalue weighted by Crippen LogP contribution is 2.33. The Labute approximate surface area is 124 Å². The molecule has 1 aromatic heterocycles. The van der Waals surface area contributed by atoms with Crippen molar-refractivity contribution in [2.24, 2.45) is 0 Å². The number of nitrogens with zero attached hydrogens (tertiary/aromatic N) is 2. The molecule has 0 aliphatic carbocycles. The second kappa shape index (κ2) is 6.17. The fraction of sp³-hybridized carbons (Fsp3) is 0.231. The number of nitrogens with one attached hydrogen (secondary N) is 2. The van der Waals surface area contributed by atoms with Gasteiger partial charge in [-0.1, -0.05) is 11.6 Å². The Morgan fingerprint density at radius 3 is 2.52 bits per heavy atom. The van der Waals surface area contributed by atoms with E-state index in [1.165, 1.54) is 18.5 Å². The summed E-state index contributed by atoms with van der Waals surface area (Å²) >= 11 is 5.71. The standard InChI is InChI=1S/C13H12ClF3N4/c1-2-19-11-6-18-7-12(21-11)20-10-4-8(13(15,16)17)3-9(14)5-10/h3-7H,2H2,1H3,(H2,19,20,21). The van der Waals surface area contributed by atoms with Crippen LogP contribution in [0, 0.1) is 0 Å². The van der Waals surface area contributed by atoms with Gasteiger partial charge in [-0.25, -0.2) is 4.98 Å². The molecule has 21 heavy (non-hydrogen) atoms. The Morgan fingerprint density at radius 2 is 1.86 bits per heavy atom. The van der Waals surface area contributed by atoms with Crippen LogP contribution in [0.3, 0.4) is 0 Å². The molecule has 1 heterocycles. The van der Waals surface area contributed by atoms with Crippen LogP contribution in [0.1, 0.15) is 12.5 Å². The van der Waals surface area contributed by atoms with E-state index in [0.29, 0.717) is 18.2 Å². The molecule has 0 atom stereocenters. The van der Waals surface area contributed by atoms with Crippen molar-refractivity contribution in [2.75, 3.05) is 17.2 Å². The average Bonchev–Trinajstić information content (AvgIpc) is 2.38. The number of halogens is 4. The van der Waals surface area contributed by atoms with Crippen molar-refractivity contribution in [3.63, 3.8) is 0 Å². The summed E-state index contributed by atoms with van der Waals surface area (Å²) in [6.45, 7) is 2.56. The van der Waals surface area contributed by atoms with Gasteiger partial charge in [0.25, 0.3) is 0 Å². The van der Waals surface area contributed by atoms with E-state index in [2.05, 4.69) is 20.6 Å². The first kappa shape index (κ1) is 15.4. The quantitative estimate of drug-likeness (QED) is 0.881. The molecule has 2 rings (SSSR count). The summed E-state index contributed by atoms with van der Waals surface area (Å²) in [4.78, 5) is 8.12. The zero-order valence-corrected chi connectivity index (χ0v) is 11.8. The highest BCUT2D eigenvalue weighted by Gasteiger charge is 2.31. The molecule has 4 nitrogen and oxygen atoms in total. The zero-order chi connectivity index (χ0) is 15.5. The van der Waals surface area contributed by atoms with Crippen molar-refractivity contribution in [2.45, 2.75) is 13.1 Å². The lowest BCUT2D eigenvalue weighted by Gasteiger charge is -2.11.